The van der Waals surface area contributed by atoms with E-state index >= 15 is 0 Å². The van der Waals surface area contributed by atoms with Crippen LogP contribution in [-0.4, -0.2) is 48.1 Å². The quantitative estimate of drug-likeness (QED) is 0.830. The molecule has 140 valence electrons. The minimum absolute atomic E-state index is 0.320. The first-order chi connectivity index (χ1) is 11.6. The molecule has 2 aliphatic heterocycles. The number of hydrogen-bond donors (Lipinski definition) is 0. The number of piperidine rings is 1. The summed E-state index contributed by atoms with van der Waals surface area (Å²) < 4.78 is 0. The molecular weight excluding hydrogens is 308 g/mol. The van der Waals surface area contributed by atoms with Gasteiger partial charge in [-0.05, 0) is 67.6 Å². The van der Waals surface area contributed by atoms with Crippen LogP contribution in [0.25, 0.3) is 0 Å². The van der Waals surface area contributed by atoms with Gasteiger partial charge >= 0.3 is 0 Å². The Labute approximate surface area is 154 Å². The molecule has 0 atom stereocenters. The molecule has 0 aliphatic carbocycles. The molecule has 0 amide bonds. The van der Waals surface area contributed by atoms with E-state index in [4.69, 9.17) is 0 Å². The molecule has 0 radical (unpaired) electrons. The molecule has 0 unspecified atom stereocenters. The van der Waals surface area contributed by atoms with Gasteiger partial charge in [0, 0.05) is 25.5 Å². The molecule has 1 aromatic rings. The van der Waals surface area contributed by atoms with E-state index < -0.39 is 0 Å². The van der Waals surface area contributed by atoms with Crippen LogP contribution >= 0.6 is 0 Å². The number of likely N-dealkylation sites (tertiary alicyclic amines) is 1. The average Bonchev–Trinajstić information content (AvgIpc) is 2.46. The standard InChI is InChI=1S/C21H36N4/c1-20(2,3)18-14-25(15-18)19-22-12-16(13-23-19)11-21(4,5)17-7-9-24(6)10-8-17/h12-13,17-18H,7-11,14-15H2,1-6H3. The Morgan fingerprint density at radius 2 is 1.52 bits per heavy atom. The first kappa shape index (κ1) is 18.6. The lowest BCUT2D eigenvalue weighted by molar-refractivity contribution is 0.114. The fourth-order valence-electron chi connectivity index (χ4n) is 4.25. The van der Waals surface area contributed by atoms with Crippen molar-refractivity contribution in [1.82, 2.24) is 14.9 Å². The van der Waals surface area contributed by atoms with Gasteiger partial charge in [0.05, 0.1) is 0 Å². The molecule has 4 heteroatoms. The lowest BCUT2D eigenvalue weighted by Crippen LogP contribution is -2.52. The molecule has 2 aliphatic rings. The Hall–Kier alpha value is -1.16. The summed E-state index contributed by atoms with van der Waals surface area (Å²) >= 11 is 0. The monoisotopic (exact) mass is 344 g/mol. The van der Waals surface area contributed by atoms with E-state index in [0.717, 1.165) is 37.3 Å². The number of hydrogen-bond acceptors (Lipinski definition) is 4. The van der Waals surface area contributed by atoms with Crippen LogP contribution < -0.4 is 4.90 Å². The summed E-state index contributed by atoms with van der Waals surface area (Å²) in [5, 5.41) is 0. The van der Waals surface area contributed by atoms with E-state index in [-0.39, 0.29) is 0 Å². The SMILES string of the molecule is CN1CCC(C(C)(C)Cc2cnc(N3CC(C(C)(C)C)C3)nc2)CC1. The van der Waals surface area contributed by atoms with E-state index in [1.807, 2.05) is 0 Å². The molecule has 2 saturated heterocycles. The Morgan fingerprint density at radius 1 is 0.960 bits per heavy atom. The highest BCUT2D eigenvalue weighted by Gasteiger charge is 2.37. The maximum Gasteiger partial charge on any atom is 0.225 e. The topological polar surface area (TPSA) is 32.3 Å². The third-order valence-corrected chi connectivity index (χ3v) is 6.56. The second-order valence-corrected chi connectivity index (χ2v) is 10.1. The Kier molecular flexibility index (Phi) is 5.11. The molecule has 0 spiro atoms. The summed E-state index contributed by atoms with van der Waals surface area (Å²) in [5.41, 5.74) is 1.98. The van der Waals surface area contributed by atoms with Crippen molar-refractivity contribution in [3.8, 4) is 0 Å². The van der Waals surface area contributed by atoms with Crippen LogP contribution in [-0.2, 0) is 6.42 Å². The lowest BCUT2D eigenvalue weighted by atomic mass is 9.70. The van der Waals surface area contributed by atoms with Gasteiger partial charge in [0.25, 0.3) is 0 Å². The van der Waals surface area contributed by atoms with Crippen molar-refractivity contribution in [2.75, 3.05) is 38.1 Å². The van der Waals surface area contributed by atoms with E-state index in [1.165, 1.54) is 31.5 Å². The Bertz CT molecular complexity index is 559. The second-order valence-electron chi connectivity index (χ2n) is 10.1. The molecular formula is C21H36N4. The largest absolute Gasteiger partial charge is 0.340 e. The molecule has 0 N–H and O–H groups in total. The normalized spacial score (nSPS) is 21.4. The molecule has 1 aromatic heterocycles. The third-order valence-electron chi connectivity index (χ3n) is 6.56. The van der Waals surface area contributed by atoms with Crippen LogP contribution in [0.1, 0.15) is 53.0 Å². The number of nitrogens with zero attached hydrogens (tertiary/aromatic N) is 4. The van der Waals surface area contributed by atoms with Crippen molar-refractivity contribution in [2.24, 2.45) is 22.7 Å². The Balaban J connectivity index is 1.56. The van der Waals surface area contributed by atoms with Gasteiger partial charge in [0.2, 0.25) is 5.95 Å². The number of anilines is 1. The van der Waals surface area contributed by atoms with Gasteiger partial charge < -0.3 is 9.80 Å². The van der Waals surface area contributed by atoms with Crippen molar-refractivity contribution >= 4 is 5.95 Å². The van der Waals surface area contributed by atoms with Gasteiger partial charge in [0.15, 0.2) is 0 Å². The van der Waals surface area contributed by atoms with Gasteiger partial charge in [-0.3, -0.25) is 0 Å². The molecule has 4 nitrogen and oxygen atoms in total. The van der Waals surface area contributed by atoms with Crippen LogP contribution in [0.5, 0.6) is 0 Å². The van der Waals surface area contributed by atoms with Crippen molar-refractivity contribution < 1.29 is 0 Å². The smallest absolute Gasteiger partial charge is 0.225 e. The second kappa shape index (κ2) is 6.86. The average molecular weight is 345 g/mol. The van der Waals surface area contributed by atoms with Crippen LogP contribution in [0.15, 0.2) is 12.4 Å². The van der Waals surface area contributed by atoms with E-state index in [2.05, 4.69) is 73.8 Å². The summed E-state index contributed by atoms with van der Waals surface area (Å²) in [6, 6.07) is 0. The van der Waals surface area contributed by atoms with Crippen molar-refractivity contribution in [1.29, 1.82) is 0 Å². The summed E-state index contributed by atoms with van der Waals surface area (Å²) in [4.78, 5) is 14.1. The predicted octanol–water partition coefficient (Wildman–Crippen LogP) is 3.87. The molecule has 0 saturated carbocycles. The first-order valence-corrected chi connectivity index (χ1v) is 9.89. The molecule has 0 aromatic carbocycles. The van der Waals surface area contributed by atoms with Gasteiger partial charge in [-0.15, -0.1) is 0 Å². The van der Waals surface area contributed by atoms with Crippen LogP contribution in [0.4, 0.5) is 5.95 Å². The minimum atomic E-state index is 0.320. The zero-order valence-corrected chi connectivity index (χ0v) is 17.0. The summed E-state index contributed by atoms with van der Waals surface area (Å²) in [6.45, 7) is 16.4. The fourth-order valence-corrected chi connectivity index (χ4v) is 4.25. The molecule has 3 heterocycles. The van der Waals surface area contributed by atoms with E-state index in [1.54, 1.807) is 0 Å². The van der Waals surface area contributed by atoms with Crippen molar-refractivity contribution in [3.05, 3.63) is 18.0 Å². The van der Waals surface area contributed by atoms with Crippen molar-refractivity contribution in [2.45, 2.75) is 53.9 Å². The van der Waals surface area contributed by atoms with Crippen LogP contribution in [0, 0.1) is 22.7 Å². The number of rotatable bonds is 4. The van der Waals surface area contributed by atoms with Crippen LogP contribution in [0.3, 0.4) is 0 Å². The lowest BCUT2D eigenvalue weighted by Gasteiger charge is -2.46. The zero-order chi connectivity index (χ0) is 18.2. The highest BCUT2D eigenvalue weighted by molar-refractivity contribution is 5.34. The Morgan fingerprint density at radius 3 is 2.04 bits per heavy atom. The summed E-state index contributed by atoms with van der Waals surface area (Å²) in [7, 11) is 2.23. The molecule has 25 heavy (non-hydrogen) atoms. The fraction of sp³-hybridized carbons (Fsp3) is 0.810. The minimum Gasteiger partial charge on any atom is -0.340 e. The first-order valence-electron chi connectivity index (χ1n) is 9.89. The summed E-state index contributed by atoms with van der Waals surface area (Å²) in [5.74, 6) is 2.45. The van der Waals surface area contributed by atoms with E-state index in [0.29, 0.717) is 10.8 Å². The van der Waals surface area contributed by atoms with E-state index in [9.17, 15) is 0 Å². The van der Waals surface area contributed by atoms with Crippen molar-refractivity contribution in [3.63, 3.8) is 0 Å². The molecule has 2 fully saturated rings. The van der Waals surface area contributed by atoms with Gasteiger partial charge in [-0.1, -0.05) is 34.6 Å². The highest BCUT2D eigenvalue weighted by atomic mass is 15.3. The van der Waals surface area contributed by atoms with Crippen LogP contribution in [0.2, 0.25) is 0 Å². The third kappa shape index (κ3) is 4.33. The number of aromatic nitrogens is 2. The highest BCUT2D eigenvalue weighted by Crippen LogP contribution is 2.38. The van der Waals surface area contributed by atoms with Gasteiger partial charge in [0.1, 0.15) is 0 Å². The zero-order valence-electron chi connectivity index (χ0n) is 17.0. The predicted molar refractivity (Wildman–Crippen MR) is 105 cm³/mol. The maximum absolute atomic E-state index is 4.67. The molecule has 0 bridgehead atoms. The van der Waals surface area contributed by atoms with Gasteiger partial charge in [-0.25, -0.2) is 9.97 Å². The summed E-state index contributed by atoms with van der Waals surface area (Å²) in [6.07, 6.45) is 7.81. The maximum atomic E-state index is 4.67. The van der Waals surface area contributed by atoms with Gasteiger partial charge in [-0.2, -0.15) is 0 Å². The molecule has 3 rings (SSSR count).